The fraction of sp³-hybridized carbons (Fsp3) is 0.320. The Kier molecular flexibility index (Phi) is 6.49. The molecule has 4 aromatic rings. The minimum atomic E-state index is -0.841. The Bertz CT molecular complexity index is 1380. The van der Waals surface area contributed by atoms with Crippen LogP contribution < -0.4 is 15.1 Å². The van der Waals surface area contributed by atoms with Crippen molar-refractivity contribution in [3.8, 4) is 5.75 Å². The molecule has 36 heavy (non-hydrogen) atoms. The number of anilines is 1. The van der Waals surface area contributed by atoms with Crippen molar-refractivity contribution in [3.05, 3.63) is 71.1 Å². The number of pyridine rings is 1. The number of hydrogen-bond donors (Lipinski definition) is 1. The van der Waals surface area contributed by atoms with Crippen LogP contribution in [0.4, 0.5) is 5.69 Å². The van der Waals surface area contributed by atoms with Gasteiger partial charge in [-0.2, -0.15) is 0 Å². The molecule has 0 aliphatic carbocycles. The average molecular weight is 505 g/mol. The molecular formula is C25H26BClN6O3. The van der Waals surface area contributed by atoms with Crippen LogP contribution in [0.5, 0.6) is 5.75 Å². The topological polar surface area (TPSA) is 88.8 Å². The average Bonchev–Trinajstić information content (AvgIpc) is 3.52. The third-order valence-electron chi connectivity index (χ3n) is 6.79. The van der Waals surface area contributed by atoms with Crippen LogP contribution in [-0.2, 0) is 24.4 Å². The zero-order valence-electron chi connectivity index (χ0n) is 19.8. The van der Waals surface area contributed by atoms with Crippen molar-refractivity contribution >= 4 is 40.8 Å². The summed E-state index contributed by atoms with van der Waals surface area (Å²) < 4.78 is 13.0. The van der Waals surface area contributed by atoms with Gasteiger partial charge < -0.3 is 19.3 Å². The lowest BCUT2D eigenvalue weighted by Gasteiger charge is -2.36. The molecule has 2 aliphatic rings. The summed E-state index contributed by atoms with van der Waals surface area (Å²) in [6, 6.07) is 13.6. The van der Waals surface area contributed by atoms with Crippen LogP contribution in [0.1, 0.15) is 11.3 Å². The van der Waals surface area contributed by atoms with Crippen LogP contribution in [0.3, 0.4) is 0 Å². The molecule has 4 heterocycles. The van der Waals surface area contributed by atoms with Crippen LogP contribution >= 0.6 is 11.6 Å². The highest BCUT2D eigenvalue weighted by atomic mass is 35.5. The standard InChI is InChI=1S/C25H26BClN6O3/c27-19-1-3-22-24(14-19)28-6-5-25(22)32-10-7-31(8-11-32)9-12-33-15-20(29-30-33)17-35-21-2-4-23-18(13-21)16-36-26(23)34/h1-6,13-15,34H,7-12,16-17H2. The van der Waals surface area contributed by atoms with E-state index in [9.17, 15) is 5.02 Å². The molecule has 2 aromatic heterocycles. The van der Waals surface area contributed by atoms with Gasteiger partial charge in [0.25, 0.3) is 0 Å². The van der Waals surface area contributed by atoms with E-state index in [1.165, 1.54) is 5.69 Å². The Morgan fingerprint density at radius 3 is 2.83 bits per heavy atom. The summed E-state index contributed by atoms with van der Waals surface area (Å²) in [6.45, 7) is 6.31. The van der Waals surface area contributed by atoms with Crippen molar-refractivity contribution < 1.29 is 14.4 Å². The van der Waals surface area contributed by atoms with Crippen molar-refractivity contribution in [1.82, 2.24) is 24.9 Å². The first-order valence-corrected chi connectivity index (χ1v) is 12.5. The molecule has 2 aliphatic heterocycles. The van der Waals surface area contributed by atoms with Gasteiger partial charge >= 0.3 is 7.12 Å². The van der Waals surface area contributed by atoms with E-state index in [0.717, 1.165) is 72.6 Å². The second-order valence-electron chi connectivity index (χ2n) is 9.11. The van der Waals surface area contributed by atoms with Crippen LogP contribution in [0, 0.1) is 0 Å². The quantitative estimate of drug-likeness (QED) is 0.383. The lowest BCUT2D eigenvalue weighted by molar-refractivity contribution is 0.244. The van der Waals surface area contributed by atoms with E-state index >= 15 is 0 Å². The summed E-state index contributed by atoms with van der Waals surface area (Å²) >= 11 is 6.14. The smallest absolute Gasteiger partial charge is 0.487 e. The highest BCUT2D eigenvalue weighted by Gasteiger charge is 2.27. The normalized spacial score (nSPS) is 16.1. The first kappa shape index (κ1) is 23.2. The third-order valence-corrected chi connectivity index (χ3v) is 7.03. The lowest BCUT2D eigenvalue weighted by atomic mass is 9.80. The number of ether oxygens (including phenoxy) is 1. The molecule has 0 saturated carbocycles. The van der Waals surface area contributed by atoms with Crippen molar-refractivity contribution in [2.45, 2.75) is 19.8 Å². The first-order chi connectivity index (χ1) is 17.6. The van der Waals surface area contributed by atoms with Gasteiger partial charge in [0.05, 0.1) is 24.9 Å². The highest BCUT2D eigenvalue weighted by molar-refractivity contribution is 6.61. The number of nitrogens with zero attached hydrogens (tertiary/aromatic N) is 6. The second-order valence-corrected chi connectivity index (χ2v) is 9.54. The van der Waals surface area contributed by atoms with Crippen LogP contribution in [0.2, 0.25) is 5.02 Å². The number of halogens is 1. The molecule has 1 N–H and O–H groups in total. The Hall–Kier alpha value is -3.18. The fourth-order valence-electron chi connectivity index (χ4n) is 4.81. The maximum Gasteiger partial charge on any atom is 0.491 e. The number of benzene rings is 2. The maximum absolute atomic E-state index is 9.74. The summed E-state index contributed by atoms with van der Waals surface area (Å²) in [5, 5.41) is 20.1. The van der Waals surface area contributed by atoms with E-state index in [2.05, 4.69) is 37.2 Å². The fourth-order valence-corrected chi connectivity index (χ4v) is 4.97. The number of hydrogen-bond acceptors (Lipinski definition) is 8. The Labute approximate surface area is 214 Å². The number of fused-ring (bicyclic) bond motifs is 2. The number of piperazine rings is 1. The molecule has 9 nitrogen and oxygen atoms in total. The summed E-state index contributed by atoms with van der Waals surface area (Å²) in [5.41, 5.74) is 4.67. The number of aromatic nitrogens is 4. The second kappa shape index (κ2) is 10.1. The summed E-state index contributed by atoms with van der Waals surface area (Å²) in [4.78, 5) is 9.34. The zero-order chi connectivity index (χ0) is 24.5. The molecule has 11 heteroatoms. The maximum atomic E-state index is 9.74. The van der Waals surface area contributed by atoms with Gasteiger partial charge in [0.2, 0.25) is 0 Å². The molecule has 0 radical (unpaired) electrons. The van der Waals surface area contributed by atoms with Crippen molar-refractivity contribution in [1.29, 1.82) is 0 Å². The Morgan fingerprint density at radius 2 is 1.94 bits per heavy atom. The van der Waals surface area contributed by atoms with E-state index in [-0.39, 0.29) is 0 Å². The van der Waals surface area contributed by atoms with E-state index < -0.39 is 7.12 Å². The minimum absolute atomic E-state index is 0.339. The highest BCUT2D eigenvalue weighted by Crippen LogP contribution is 2.28. The minimum Gasteiger partial charge on any atom is -0.487 e. The molecule has 0 atom stereocenters. The monoisotopic (exact) mass is 504 g/mol. The predicted octanol–water partition coefficient (Wildman–Crippen LogP) is 2.10. The molecule has 0 bridgehead atoms. The lowest BCUT2D eigenvalue weighted by Crippen LogP contribution is -2.47. The van der Waals surface area contributed by atoms with Crippen molar-refractivity contribution in [2.75, 3.05) is 37.6 Å². The van der Waals surface area contributed by atoms with Gasteiger partial charge in [0, 0.05) is 55.0 Å². The van der Waals surface area contributed by atoms with Crippen LogP contribution in [0.25, 0.3) is 10.9 Å². The molecule has 0 amide bonds. The molecule has 0 spiro atoms. The summed E-state index contributed by atoms with van der Waals surface area (Å²) in [6.07, 6.45) is 3.79. The van der Waals surface area contributed by atoms with Crippen molar-refractivity contribution in [2.24, 2.45) is 0 Å². The molecule has 2 aromatic carbocycles. The number of rotatable bonds is 7. The van der Waals surface area contributed by atoms with Gasteiger partial charge in [0.1, 0.15) is 18.1 Å². The van der Waals surface area contributed by atoms with E-state index in [1.54, 1.807) is 0 Å². The molecular weight excluding hydrogens is 479 g/mol. The molecule has 0 unspecified atom stereocenters. The predicted molar refractivity (Wildman–Crippen MR) is 139 cm³/mol. The van der Waals surface area contributed by atoms with Crippen molar-refractivity contribution in [3.63, 3.8) is 0 Å². The van der Waals surface area contributed by atoms with Gasteiger partial charge in [-0.15, -0.1) is 5.10 Å². The summed E-state index contributed by atoms with van der Waals surface area (Å²) in [7, 11) is -0.841. The van der Waals surface area contributed by atoms with Gasteiger partial charge in [0.15, 0.2) is 0 Å². The van der Waals surface area contributed by atoms with E-state index in [0.29, 0.717) is 18.2 Å². The molecule has 6 rings (SSSR count). The van der Waals surface area contributed by atoms with Gasteiger partial charge in [-0.25, -0.2) is 0 Å². The molecule has 1 fully saturated rings. The van der Waals surface area contributed by atoms with E-state index in [4.69, 9.17) is 21.0 Å². The summed E-state index contributed by atoms with van der Waals surface area (Å²) in [5.74, 6) is 0.726. The first-order valence-electron chi connectivity index (χ1n) is 12.1. The van der Waals surface area contributed by atoms with E-state index in [1.807, 2.05) is 47.4 Å². The zero-order valence-corrected chi connectivity index (χ0v) is 20.5. The van der Waals surface area contributed by atoms with Gasteiger partial charge in [-0.1, -0.05) is 22.9 Å². The van der Waals surface area contributed by atoms with Crippen LogP contribution in [-0.4, -0.2) is 69.7 Å². The largest absolute Gasteiger partial charge is 0.491 e. The van der Waals surface area contributed by atoms with Gasteiger partial charge in [-0.3, -0.25) is 14.6 Å². The Morgan fingerprint density at radius 1 is 1.06 bits per heavy atom. The Balaban J connectivity index is 0.989. The SMILES string of the molecule is OB1OCc2cc(OCc3cn(CCN4CCN(c5ccnc6cc(Cl)ccc56)CC4)nn3)ccc21. The molecule has 1 saturated heterocycles. The third kappa shape index (κ3) is 4.90. The van der Waals surface area contributed by atoms with Crippen LogP contribution in [0.15, 0.2) is 54.9 Å². The van der Waals surface area contributed by atoms with Gasteiger partial charge in [-0.05, 0) is 47.4 Å². The molecule has 184 valence electrons.